The maximum Gasteiger partial charge on any atom is 0.219 e. The molecule has 4 rings (SSSR count). The van der Waals surface area contributed by atoms with Crippen LogP contribution in [0.4, 0.5) is 0 Å². The minimum Gasteiger partial charge on any atom is -0.338 e. The van der Waals surface area contributed by atoms with Crippen LogP contribution in [0.1, 0.15) is 37.3 Å². The largest absolute Gasteiger partial charge is 0.338 e. The zero-order valence-electron chi connectivity index (χ0n) is 15.5. The van der Waals surface area contributed by atoms with E-state index in [9.17, 15) is 4.79 Å². The first-order valence-electron chi connectivity index (χ1n) is 9.89. The monoisotopic (exact) mass is 341 g/mol. The fourth-order valence-electron chi connectivity index (χ4n) is 5.01. The predicted molar refractivity (Wildman–Crippen MR) is 100 cm³/mol. The number of amides is 1. The molecule has 1 aromatic carbocycles. The maximum absolute atomic E-state index is 12.2. The molecule has 0 bridgehead atoms. The van der Waals surface area contributed by atoms with Crippen molar-refractivity contribution in [3.05, 3.63) is 35.4 Å². The highest BCUT2D eigenvalue weighted by molar-refractivity contribution is 5.73. The normalized spacial score (nSPS) is 26.4. The van der Waals surface area contributed by atoms with Gasteiger partial charge in [-0.3, -0.25) is 4.79 Å². The van der Waals surface area contributed by atoms with Crippen LogP contribution in [-0.4, -0.2) is 55.0 Å². The highest BCUT2D eigenvalue weighted by atomic mass is 16.2. The van der Waals surface area contributed by atoms with E-state index in [-0.39, 0.29) is 11.3 Å². The molecule has 2 saturated heterocycles. The Hall–Kier alpha value is -1.39. The molecule has 4 nitrogen and oxygen atoms in total. The highest BCUT2D eigenvalue weighted by Crippen LogP contribution is 2.39. The highest BCUT2D eigenvalue weighted by Gasteiger charge is 2.39. The Bertz CT molecular complexity index is 615. The molecule has 0 aliphatic carbocycles. The summed E-state index contributed by atoms with van der Waals surface area (Å²) in [6.45, 7) is 9.43. The van der Waals surface area contributed by atoms with Gasteiger partial charge in [0.1, 0.15) is 0 Å². The van der Waals surface area contributed by atoms with Crippen LogP contribution >= 0.6 is 0 Å². The van der Waals surface area contributed by atoms with Gasteiger partial charge in [-0.15, -0.1) is 0 Å². The van der Waals surface area contributed by atoms with Crippen molar-refractivity contribution < 1.29 is 4.79 Å². The summed E-state index contributed by atoms with van der Waals surface area (Å²) in [5, 5.41) is 3.49. The van der Waals surface area contributed by atoms with Gasteiger partial charge < -0.3 is 15.1 Å². The second-order valence-electron chi connectivity index (χ2n) is 8.48. The van der Waals surface area contributed by atoms with Crippen molar-refractivity contribution in [2.45, 2.75) is 39.2 Å². The van der Waals surface area contributed by atoms with Gasteiger partial charge in [-0.2, -0.15) is 0 Å². The van der Waals surface area contributed by atoms with E-state index in [1.54, 1.807) is 6.92 Å². The lowest BCUT2D eigenvalue weighted by molar-refractivity contribution is -0.131. The molecule has 4 heteroatoms. The first kappa shape index (κ1) is 17.0. The van der Waals surface area contributed by atoms with Crippen molar-refractivity contribution in [2.24, 2.45) is 11.3 Å². The molecule has 1 spiro atoms. The number of likely N-dealkylation sites (tertiary alicyclic amines) is 1. The van der Waals surface area contributed by atoms with Gasteiger partial charge in [0.25, 0.3) is 0 Å². The molecule has 3 aliphatic heterocycles. The topological polar surface area (TPSA) is 35.6 Å². The number of carbonyl (C=O) groups is 1. The molecule has 1 unspecified atom stereocenters. The van der Waals surface area contributed by atoms with E-state index in [0.717, 1.165) is 25.4 Å². The van der Waals surface area contributed by atoms with Crippen LogP contribution in [0.5, 0.6) is 0 Å². The summed E-state index contributed by atoms with van der Waals surface area (Å²) in [4.78, 5) is 16.9. The third-order valence-electron chi connectivity index (χ3n) is 6.61. The Labute approximate surface area is 151 Å². The molecule has 2 fully saturated rings. The second-order valence-corrected chi connectivity index (χ2v) is 8.48. The zero-order chi connectivity index (χ0) is 17.3. The first-order valence-corrected chi connectivity index (χ1v) is 9.89. The van der Waals surface area contributed by atoms with E-state index in [4.69, 9.17) is 0 Å². The molecule has 1 atom stereocenters. The minimum atomic E-state index is 0.218. The van der Waals surface area contributed by atoms with Crippen LogP contribution in [0.3, 0.4) is 0 Å². The van der Waals surface area contributed by atoms with Crippen LogP contribution in [0.15, 0.2) is 24.3 Å². The molecule has 3 aliphatic rings. The Morgan fingerprint density at radius 2 is 2.00 bits per heavy atom. The van der Waals surface area contributed by atoms with Gasteiger partial charge in [0.15, 0.2) is 0 Å². The third kappa shape index (κ3) is 3.75. The Morgan fingerprint density at radius 1 is 1.24 bits per heavy atom. The predicted octanol–water partition coefficient (Wildman–Crippen LogP) is 2.28. The summed E-state index contributed by atoms with van der Waals surface area (Å²) in [5.74, 6) is 1.05. The fourth-order valence-corrected chi connectivity index (χ4v) is 5.01. The maximum atomic E-state index is 12.2. The van der Waals surface area contributed by atoms with Crippen molar-refractivity contribution in [1.82, 2.24) is 15.1 Å². The summed E-state index contributed by atoms with van der Waals surface area (Å²) in [6, 6.07) is 8.73. The number of nitrogens with zero attached hydrogens (tertiary/aromatic N) is 2. The average Bonchev–Trinajstić information content (AvgIpc) is 3.05. The van der Waals surface area contributed by atoms with Gasteiger partial charge in [0, 0.05) is 26.6 Å². The minimum absolute atomic E-state index is 0.218. The number of hydrogen-bond donors (Lipinski definition) is 1. The standard InChI is InChI=1S/C21H31N3O/c1-17(25)24-15-20-5-3-2-4-19(20)12-21(16-24)7-10-23(11-8-21)14-18-6-9-22-13-18/h2-5,18,22H,6-16H2,1H3. The SMILES string of the molecule is CC(=O)N1Cc2ccccc2CC2(CCN(CC3CCNC3)CC2)C1. The molecule has 3 heterocycles. The van der Waals surface area contributed by atoms with Gasteiger partial charge in [-0.1, -0.05) is 24.3 Å². The number of fused-ring (bicyclic) bond motifs is 1. The lowest BCUT2D eigenvalue weighted by atomic mass is 9.73. The van der Waals surface area contributed by atoms with Gasteiger partial charge in [-0.05, 0) is 74.3 Å². The lowest BCUT2D eigenvalue weighted by Gasteiger charge is -2.43. The number of nitrogens with one attached hydrogen (secondary N) is 1. The first-order chi connectivity index (χ1) is 12.1. The van der Waals surface area contributed by atoms with Crippen LogP contribution in [0.2, 0.25) is 0 Å². The summed E-state index contributed by atoms with van der Waals surface area (Å²) in [5.41, 5.74) is 3.07. The number of carbonyl (C=O) groups excluding carboxylic acids is 1. The molecule has 0 radical (unpaired) electrons. The van der Waals surface area contributed by atoms with Crippen LogP contribution in [0, 0.1) is 11.3 Å². The third-order valence-corrected chi connectivity index (χ3v) is 6.61. The molecule has 0 aromatic heterocycles. The number of hydrogen-bond acceptors (Lipinski definition) is 3. The Kier molecular flexibility index (Phi) is 4.83. The van der Waals surface area contributed by atoms with Gasteiger partial charge in [0.05, 0.1) is 0 Å². The molecule has 25 heavy (non-hydrogen) atoms. The smallest absolute Gasteiger partial charge is 0.219 e. The number of rotatable bonds is 2. The van der Waals surface area contributed by atoms with E-state index in [1.165, 1.54) is 63.1 Å². The molecule has 1 aromatic rings. The molecule has 0 saturated carbocycles. The van der Waals surface area contributed by atoms with Crippen molar-refractivity contribution in [2.75, 3.05) is 39.3 Å². The Balaban J connectivity index is 1.48. The van der Waals surface area contributed by atoms with E-state index in [1.807, 2.05) is 0 Å². The Morgan fingerprint density at radius 3 is 2.68 bits per heavy atom. The number of piperidine rings is 1. The van der Waals surface area contributed by atoms with E-state index in [2.05, 4.69) is 39.4 Å². The summed E-state index contributed by atoms with van der Waals surface area (Å²) >= 11 is 0. The van der Waals surface area contributed by atoms with Crippen molar-refractivity contribution in [3.8, 4) is 0 Å². The fraction of sp³-hybridized carbons (Fsp3) is 0.667. The van der Waals surface area contributed by atoms with Crippen LogP contribution in [0.25, 0.3) is 0 Å². The molecule has 1 N–H and O–H groups in total. The second kappa shape index (κ2) is 7.08. The van der Waals surface area contributed by atoms with E-state index < -0.39 is 0 Å². The van der Waals surface area contributed by atoms with Gasteiger partial charge in [0.2, 0.25) is 5.91 Å². The van der Waals surface area contributed by atoms with E-state index in [0.29, 0.717) is 0 Å². The van der Waals surface area contributed by atoms with Gasteiger partial charge in [-0.25, -0.2) is 0 Å². The van der Waals surface area contributed by atoms with Gasteiger partial charge >= 0.3 is 0 Å². The number of benzene rings is 1. The lowest BCUT2D eigenvalue weighted by Crippen LogP contribution is -2.48. The molecule has 136 valence electrons. The van der Waals surface area contributed by atoms with Crippen LogP contribution in [-0.2, 0) is 17.8 Å². The van der Waals surface area contributed by atoms with E-state index >= 15 is 0 Å². The summed E-state index contributed by atoms with van der Waals surface area (Å²) < 4.78 is 0. The zero-order valence-corrected chi connectivity index (χ0v) is 15.5. The quantitative estimate of drug-likeness (QED) is 0.896. The molecular formula is C21H31N3O. The van der Waals surface area contributed by atoms with Crippen molar-refractivity contribution >= 4 is 5.91 Å². The summed E-state index contributed by atoms with van der Waals surface area (Å²) in [6.07, 6.45) is 4.88. The van der Waals surface area contributed by atoms with Crippen LogP contribution < -0.4 is 5.32 Å². The average molecular weight is 341 g/mol. The molecular weight excluding hydrogens is 310 g/mol. The summed E-state index contributed by atoms with van der Waals surface area (Å²) in [7, 11) is 0. The van der Waals surface area contributed by atoms with Crippen molar-refractivity contribution in [3.63, 3.8) is 0 Å². The molecule has 1 amide bonds. The van der Waals surface area contributed by atoms with Crippen molar-refractivity contribution in [1.29, 1.82) is 0 Å².